The van der Waals surface area contributed by atoms with Crippen molar-refractivity contribution in [1.82, 2.24) is 9.97 Å². The van der Waals surface area contributed by atoms with Crippen LogP contribution in [0, 0.1) is 0 Å². The molecule has 0 bridgehead atoms. The summed E-state index contributed by atoms with van der Waals surface area (Å²) in [5.41, 5.74) is 2.88. The molecular formula is C18H14ClN3O2. The van der Waals surface area contributed by atoms with Gasteiger partial charge in [0.2, 0.25) is 0 Å². The smallest absolute Gasteiger partial charge is 0.271 e. The first-order valence-electron chi connectivity index (χ1n) is 7.27. The van der Waals surface area contributed by atoms with Gasteiger partial charge >= 0.3 is 0 Å². The quantitative estimate of drug-likeness (QED) is 0.715. The highest BCUT2D eigenvalue weighted by molar-refractivity contribution is 6.17. The maximum absolute atomic E-state index is 12.3. The lowest BCUT2D eigenvalue weighted by molar-refractivity contribution is 0.102. The molecule has 0 radical (unpaired) electrons. The average Bonchev–Trinajstić information content (AvgIpc) is 2.64. The molecule has 3 aromatic rings. The summed E-state index contributed by atoms with van der Waals surface area (Å²) in [5.74, 6) is 0.0312. The fourth-order valence-corrected chi connectivity index (χ4v) is 2.41. The van der Waals surface area contributed by atoms with Gasteiger partial charge in [-0.25, -0.2) is 0 Å². The van der Waals surface area contributed by atoms with Crippen LogP contribution >= 0.6 is 11.6 Å². The van der Waals surface area contributed by atoms with Gasteiger partial charge in [-0.1, -0.05) is 12.1 Å². The van der Waals surface area contributed by atoms with Crippen LogP contribution in [0.1, 0.15) is 15.9 Å². The van der Waals surface area contributed by atoms with Crippen LogP contribution in [0.2, 0.25) is 0 Å². The number of carbonyl (C=O) groups is 1. The lowest BCUT2D eigenvalue weighted by Gasteiger charge is -2.07. The molecule has 3 rings (SSSR count). The third-order valence-corrected chi connectivity index (χ3v) is 3.84. The van der Waals surface area contributed by atoms with Crippen molar-refractivity contribution in [1.29, 1.82) is 0 Å². The monoisotopic (exact) mass is 339 g/mol. The first-order valence-corrected chi connectivity index (χ1v) is 7.80. The molecule has 1 amide bonds. The van der Waals surface area contributed by atoms with Crippen molar-refractivity contribution in [2.75, 3.05) is 5.32 Å². The normalized spacial score (nSPS) is 10.4. The Balaban J connectivity index is 1.86. The summed E-state index contributed by atoms with van der Waals surface area (Å²) in [7, 11) is 0. The third kappa shape index (κ3) is 3.52. The van der Waals surface area contributed by atoms with Gasteiger partial charge in [-0.05, 0) is 41.5 Å². The van der Waals surface area contributed by atoms with Gasteiger partial charge in [0.05, 0.1) is 0 Å². The van der Waals surface area contributed by atoms with E-state index in [1.54, 1.807) is 48.9 Å². The van der Waals surface area contributed by atoms with Gasteiger partial charge in [0.25, 0.3) is 11.5 Å². The molecule has 1 aromatic carbocycles. The van der Waals surface area contributed by atoms with Crippen molar-refractivity contribution >= 4 is 23.2 Å². The van der Waals surface area contributed by atoms with Crippen molar-refractivity contribution < 1.29 is 4.79 Å². The number of anilines is 1. The lowest BCUT2D eigenvalue weighted by Crippen LogP contribution is -2.19. The van der Waals surface area contributed by atoms with E-state index in [1.165, 1.54) is 0 Å². The molecule has 0 atom stereocenters. The first kappa shape index (κ1) is 16.0. The minimum Gasteiger partial charge on any atom is -0.327 e. The fraction of sp³-hybridized carbons (Fsp3) is 0.0556. The summed E-state index contributed by atoms with van der Waals surface area (Å²) in [6.45, 7) is 0. The van der Waals surface area contributed by atoms with Crippen LogP contribution < -0.4 is 10.9 Å². The number of nitrogens with zero attached hydrogens (tertiary/aromatic N) is 1. The van der Waals surface area contributed by atoms with Crippen LogP contribution in [-0.4, -0.2) is 15.9 Å². The van der Waals surface area contributed by atoms with Crippen LogP contribution in [0.5, 0.6) is 0 Å². The molecule has 2 aromatic heterocycles. The average molecular weight is 340 g/mol. The Bertz CT molecular complexity index is 906. The molecular weight excluding hydrogens is 326 g/mol. The van der Waals surface area contributed by atoms with E-state index in [0.717, 1.165) is 16.7 Å². The fourth-order valence-electron chi connectivity index (χ4n) is 2.23. The number of H-pyrrole nitrogens is 1. The summed E-state index contributed by atoms with van der Waals surface area (Å²) in [5, 5.41) is 2.64. The molecule has 0 aliphatic rings. The molecule has 0 aliphatic carbocycles. The zero-order valence-corrected chi connectivity index (χ0v) is 13.4. The Kier molecular flexibility index (Phi) is 4.72. The number of halogens is 1. The van der Waals surface area contributed by atoms with Crippen molar-refractivity contribution in [3.05, 3.63) is 82.5 Å². The van der Waals surface area contributed by atoms with Gasteiger partial charge < -0.3 is 10.3 Å². The van der Waals surface area contributed by atoms with E-state index in [9.17, 15) is 9.59 Å². The number of aromatic amines is 1. The maximum atomic E-state index is 12.3. The third-order valence-electron chi connectivity index (χ3n) is 3.54. The highest BCUT2D eigenvalue weighted by atomic mass is 35.5. The van der Waals surface area contributed by atoms with Gasteiger partial charge in [-0.15, -0.1) is 11.6 Å². The van der Waals surface area contributed by atoms with Crippen molar-refractivity contribution in [2.24, 2.45) is 0 Å². The molecule has 5 nitrogen and oxygen atoms in total. The van der Waals surface area contributed by atoms with Crippen LogP contribution in [0.15, 0.2) is 65.8 Å². The van der Waals surface area contributed by atoms with Gasteiger partial charge in [0, 0.05) is 35.6 Å². The lowest BCUT2D eigenvalue weighted by atomic mass is 10.1. The number of aromatic nitrogens is 2. The van der Waals surface area contributed by atoms with Gasteiger partial charge in [0.1, 0.15) is 5.69 Å². The Labute approximate surface area is 143 Å². The summed E-state index contributed by atoms with van der Waals surface area (Å²) in [6.07, 6.45) is 4.93. The van der Waals surface area contributed by atoms with Crippen LogP contribution in [0.4, 0.5) is 5.69 Å². The van der Waals surface area contributed by atoms with Crippen molar-refractivity contribution in [3.8, 4) is 11.1 Å². The van der Waals surface area contributed by atoms with Gasteiger partial charge in [-0.3, -0.25) is 14.6 Å². The molecule has 2 heterocycles. The second-order valence-corrected chi connectivity index (χ2v) is 5.42. The maximum Gasteiger partial charge on any atom is 0.271 e. The minimum absolute atomic E-state index is 0.190. The van der Waals surface area contributed by atoms with Crippen molar-refractivity contribution in [2.45, 2.75) is 5.88 Å². The Morgan fingerprint density at radius 2 is 1.79 bits per heavy atom. The van der Waals surface area contributed by atoms with E-state index in [2.05, 4.69) is 15.3 Å². The Morgan fingerprint density at radius 3 is 2.46 bits per heavy atom. The molecule has 0 fully saturated rings. The number of alkyl halides is 1. The number of rotatable bonds is 4. The van der Waals surface area contributed by atoms with E-state index in [-0.39, 0.29) is 17.2 Å². The number of hydrogen-bond donors (Lipinski definition) is 2. The second kappa shape index (κ2) is 7.10. The number of benzene rings is 1. The molecule has 0 saturated carbocycles. The highest BCUT2D eigenvalue weighted by Crippen LogP contribution is 2.19. The highest BCUT2D eigenvalue weighted by Gasteiger charge is 2.10. The molecule has 0 spiro atoms. The number of hydrogen-bond acceptors (Lipinski definition) is 3. The second-order valence-electron chi connectivity index (χ2n) is 5.15. The van der Waals surface area contributed by atoms with E-state index in [0.29, 0.717) is 11.4 Å². The SMILES string of the molecule is O=C(Nc1cc(-c2ccncc2)c[nH]c1=O)c1ccc(CCl)cc1. The van der Waals surface area contributed by atoms with Crippen LogP contribution in [0.25, 0.3) is 11.1 Å². The topological polar surface area (TPSA) is 74.8 Å². The zero-order chi connectivity index (χ0) is 16.9. The summed E-state index contributed by atoms with van der Waals surface area (Å²) in [4.78, 5) is 30.9. The minimum atomic E-state index is -0.362. The predicted molar refractivity (Wildman–Crippen MR) is 94.2 cm³/mol. The standard InChI is InChI=1S/C18H14ClN3O2/c19-10-12-1-3-14(4-2-12)17(23)22-16-9-15(11-21-18(16)24)13-5-7-20-8-6-13/h1-9,11H,10H2,(H,21,24)(H,22,23). The summed E-state index contributed by atoms with van der Waals surface area (Å²) in [6, 6.07) is 12.2. The van der Waals surface area contributed by atoms with Crippen LogP contribution in [-0.2, 0) is 5.88 Å². The molecule has 0 aliphatic heterocycles. The zero-order valence-electron chi connectivity index (χ0n) is 12.6. The summed E-state index contributed by atoms with van der Waals surface area (Å²) < 4.78 is 0. The molecule has 24 heavy (non-hydrogen) atoms. The molecule has 120 valence electrons. The number of pyridine rings is 2. The molecule has 0 unspecified atom stereocenters. The molecule has 6 heteroatoms. The van der Waals surface area contributed by atoms with Crippen LogP contribution in [0.3, 0.4) is 0 Å². The number of amides is 1. The van der Waals surface area contributed by atoms with E-state index in [1.807, 2.05) is 12.1 Å². The first-order chi connectivity index (χ1) is 11.7. The van der Waals surface area contributed by atoms with Gasteiger partial charge in [0.15, 0.2) is 0 Å². The van der Waals surface area contributed by atoms with Crippen molar-refractivity contribution in [3.63, 3.8) is 0 Å². The predicted octanol–water partition coefficient (Wildman–Crippen LogP) is 3.43. The Hall–Kier alpha value is -2.92. The van der Waals surface area contributed by atoms with E-state index < -0.39 is 0 Å². The largest absolute Gasteiger partial charge is 0.327 e. The molecule has 2 N–H and O–H groups in total. The Morgan fingerprint density at radius 1 is 1.08 bits per heavy atom. The number of nitrogens with one attached hydrogen (secondary N) is 2. The van der Waals surface area contributed by atoms with E-state index in [4.69, 9.17) is 11.6 Å². The molecule has 0 saturated heterocycles. The number of carbonyl (C=O) groups excluding carboxylic acids is 1. The van der Waals surface area contributed by atoms with Gasteiger partial charge in [-0.2, -0.15) is 0 Å². The van der Waals surface area contributed by atoms with E-state index >= 15 is 0 Å². The summed E-state index contributed by atoms with van der Waals surface area (Å²) >= 11 is 5.73.